The molecule has 0 atom stereocenters. The first kappa shape index (κ1) is 31.8. The van der Waals surface area contributed by atoms with Crippen LogP contribution in [0, 0.1) is 0 Å². The highest BCUT2D eigenvalue weighted by atomic mass is 32.1. The molecule has 2 aromatic heterocycles. The van der Waals surface area contributed by atoms with Gasteiger partial charge >= 0.3 is 0 Å². The first-order valence-corrected chi connectivity index (χ1v) is 18.9. The smallest absolute Gasteiger partial charge is 0.0476 e. The van der Waals surface area contributed by atoms with Gasteiger partial charge in [0.15, 0.2) is 0 Å². The third-order valence-electron chi connectivity index (χ3n) is 9.72. The molecule has 0 fully saturated rings. The van der Waals surface area contributed by atoms with Gasteiger partial charge < -0.3 is 9.80 Å². The maximum atomic E-state index is 3.98. The van der Waals surface area contributed by atoms with E-state index in [0.717, 1.165) is 50.8 Å². The molecule has 52 heavy (non-hydrogen) atoms. The molecule has 4 heteroatoms. The number of para-hydroxylation sites is 1. The summed E-state index contributed by atoms with van der Waals surface area (Å²) in [6.45, 7) is 11.9. The molecule has 0 unspecified atom stereocenters. The van der Waals surface area contributed by atoms with Crippen LogP contribution in [0.25, 0.3) is 58.6 Å². The van der Waals surface area contributed by atoms with E-state index >= 15 is 0 Å². The lowest BCUT2D eigenvalue weighted by Crippen LogP contribution is -2.09. The SMILES string of the molecule is C=Cc1ccc(N(c2ccc3c(c2)sc2ccc(N(c4ccccc4)c4ccc(C=C)cc4)cc23)c2ccc3sc4cc(C=C)ccc4c3c2)cc1. The summed E-state index contributed by atoms with van der Waals surface area (Å²) >= 11 is 3.67. The zero-order valence-electron chi connectivity index (χ0n) is 28.5. The van der Waals surface area contributed by atoms with Crippen molar-refractivity contribution in [2.75, 3.05) is 9.80 Å². The Bertz CT molecular complexity index is 2790. The van der Waals surface area contributed by atoms with Crippen molar-refractivity contribution in [1.29, 1.82) is 0 Å². The van der Waals surface area contributed by atoms with E-state index in [-0.39, 0.29) is 0 Å². The van der Waals surface area contributed by atoms with Crippen molar-refractivity contribution in [3.8, 4) is 0 Å². The predicted octanol–water partition coefficient (Wildman–Crippen LogP) is 15.3. The molecular formula is C48H34N2S2. The molecule has 248 valence electrons. The van der Waals surface area contributed by atoms with E-state index in [1.807, 2.05) is 40.9 Å². The summed E-state index contributed by atoms with van der Waals surface area (Å²) in [5, 5.41) is 5.03. The van der Waals surface area contributed by atoms with Gasteiger partial charge in [0.1, 0.15) is 0 Å². The highest BCUT2D eigenvalue weighted by molar-refractivity contribution is 7.26. The second kappa shape index (κ2) is 13.2. The minimum Gasteiger partial charge on any atom is -0.310 e. The van der Waals surface area contributed by atoms with Gasteiger partial charge in [-0.15, -0.1) is 22.7 Å². The van der Waals surface area contributed by atoms with Gasteiger partial charge in [0.05, 0.1) is 0 Å². The Labute approximate surface area is 311 Å². The average Bonchev–Trinajstić information content (AvgIpc) is 3.76. The first-order chi connectivity index (χ1) is 25.6. The molecule has 0 aliphatic heterocycles. The van der Waals surface area contributed by atoms with Crippen LogP contribution in [0.1, 0.15) is 16.7 Å². The quantitative estimate of drug-likeness (QED) is 0.148. The summed E-state index contributed by atoms with van der Waals surface area (Å²) in [7, 11) is 0. The van der Waals surface area contributed by atoms with Crippen LogP contribution in [-0.4, -0.2) is 0 Å². The maximum Gasteiger partial charge on any atom is 0.0476 e. The Morgan fingerprint density at radius 3 is 1.27 bits per heavy atom. The highest BCUT2D eigenvalue weighted by Crippen LogP contribution is 2.45. The Balaban J connectivity index is 1.17. The standard InChI is InChI=1S/C48H34N2S2/c1-4-32-12-17-36(18-13-32)49(35-10-8-7-9-11-35)38-22-26-46-44(29-38)42-25-21-40(31-48(42)52-46)50(37-19-14-33(5-2)15-20-37)39-23-27-45-43(30-39)41-24-16-34(6-3)28-47(41)51-45/h4-31H,1-3H2. The van der Waals surface area contributed by atoms with Crippen LogP contribution in [0.4, 0.5) is 34.1 Å². The van der Waals surface area contributed by atoms with Crippen molar-refractivity contribution in [1.82, 2.24) is 0 Å². The Hall–Kier alpha value is -6.20. The van der Waals surface area contributed by atoms with E-state index < -0.39 is 0 Å². The Morgan fingerprint density at radius 2 is 0.731 bits per heavy atom. The number of thiophene rings is 2. The lowest BCUT2D eigenvalue weighted by atomic mass is 10.1. The molecule has 9 rings (SSSR count). The van der Waals surface area contributed by atoms with E-state index in [4.69, 9.17) is 0 Å². The minimum absolute atomic E-state index is 1.10. The second-order valence-corrected chi connectivity index (χ2v) is 15.0. The van der Waals surface area contributed by atoms with E-state index in [1.165, 1.54) is 40.3 Å². The predicted molar refractivity (Wildman–Crippen MR) is 232 cm³/mol. The van der Waals surface area contributed by atoms with Gasteiger partial charge in [-0.25, -0.2) is 0 Å². The summed E-state index contributed by atoms with van der Waals surface area (Å²) in [4.78, 5) is 4.69. The second-order valence-electron chi connectivity index (χ2n) is 12.8. The molecule has 0 bridgehead atoms. The summed E-state index contributed by atoms with van der Waals surface area (Å²) in [6.07, 6.45) is 5.69. The van der Waals surface area contributed by atoms with Gasteiger partial charge in [-0.05, 0) is 108 Å². The molecule has 0 aliphatic carbocycles. The van der Waals surface area contributed by atoms with E-state index in [0.29, 0.717) is 0 Å². The largest absolute Gasteiger partial charge is 0.310 e. The van der Waals surface area contributed by atoms with Gasteiger partial charge in [0, 0.05) is 74.5 Å². The minimum atomic E-state index is 1.10. The Morgan fingerprint density at radius 1 is 0.327 bits per heavy atom. The van der Waals surface area contributed by atoms with Crippen molar-refractivity contribution in [3.63, 3.8) is 0 Å². The van der Waals surface area contributed by atoms with Crippen molar-refractivity contribution in [3.05, 3.63) is 188 Å². The van der Waals surface area contributed by atoms with Gasteiger partial charge in [-0.3, -0.25) is 0 Å². The zero-order valence-corrected chi connectivity index (χ0v) is 30.1. The third kappa shape index (κ3) is 5.59. The van der Waals surface area contributed by atoms with E-state index in [2.05, 4.69) is 181 Å². The lowest BCUT2D eigenvalue weighted by Gasteiger charge is -2.26. The molecule has 0 saturated carbocycles. The van der Waals surface area contributed by atoms with Crippen LogP contribution in [0.3, 0.4) is 0 Å². The Kier molecular flexibility index (Phi) is 8.04. The van der Waals surface area contributed by atoms with Crippen LogP contribution in [0.15, 0.2) is 171 Å². The van der Waals surface area contributed by atoms with Crippen molar-refractivity contribution >= 4 is 115 Å². The molecule has 0 spiro atoms. The summed E-state index contributed by atoms with van der Waals surface area (Å²) < 4.78 is 5.06. The van der Waals surface area contributed by atoms with Crippen molar-refractivity contribution in [2.45, 2.75) is 0 Å². The molecule has 0 amide bonds. The van der Waals surface area contributed by atoms with Gasteiger partial charge in [-0.1, -0.05) is 98.6 Å². The fourth-order valence-corrected chi connectivity index (χ4v) is 9.32. The number of hydrogen-bond acceptors (Lipinski definition) is 4. The maximum absolute atomic E-state index is 3.98. The third-order valence-corrected chi connectivity index (χ3v) is 12.0. The number of fused-ring (bicyclic) bond motifs is 6. The van der Waals surface area contributed by atoms with Gasteiger partial charge in [-0.2, -0.15) is 0 Å². The molecule has 0 aliphatic rings. The molecule has 7 aromatic carbocycles. The monoisotopic (exact) mass is 702 g/mol. The summed E-state index contributed by atoms with van der Waals surface area (Å²) in [5.41, 5.74) is 10.0. The van der Waals surface area contributed by atoms with Crippen molar-refractivity contribution in [2.24, 2.45) is 0 Å². The highest BCUT2D eigenvalue weighted by Gasteiger charge is 2.18. The van der Waals surface area contributed by atoms with E-state index in [1.54, 1.807) is 0 Å². The average molecular weight is 703 g/mol. The van der Waals surface area contributed by atoms with Crippen LogP contribution < -0.4 is 9.80 Å². The fraction of sp³-hybridized carbons (Fsp3) is 0. The van der Waals surface area contributed by atoms with Crippen LogP contribution in [0.5, 0.6) is 0 Å². The van der Waals surface area contributed by atoms with Gasteiger partial charge in [0.25, 0.3) is 0 Å². The molecule has 0 N–H and O–H groups in total. The summed E-state index contributed by atoms with van der Waals surface area (Å²) in [5.74, 6) is 0. The normalized spacial score (nSPS) is 11.3. The van der Waals surface area contributed by atoms with E-state index in [9.17, 15) is 0 Å². The first-order valence-electron chi connectivity index (χ1n) is 17.3. The number of hydrogen-bond donors (Lipinski definition) is 0. The number of rotatable bonds is 9. The summed E-state index contributed by atoms with van der Waals surface area (Å²) in [6, 6.07) is 55.0. The fourth-order valence-electron chi connectivity index (χ4n) is 7.07. The number of anilines is 6. The van der Waals surface area contributed by atoms with Crippen molar-refractivity contribution < 1.29 is 0 Å². The van der Waals surface area contributed by atoms with Crippen LogP contribution >= 0.6 is 22.7 Å². The van der Waals surface area contributed by atoms with Crippen LogP contribution in [-0.2, 0) is 0 Å². The van der Waals surface area contributed by atoms with Gasteiger partial charge in [0.2, 0.25) is 0 Å². The molecule has 9 aromatic rings. The van der Waals surface area contributed by atoms with Crippen LogP contribution in [0.2, 0.25) is 0 Å². The topological polar surface area (TPSA) is 6.48 Å². The lowest BCUT2D eigenvalue weighted by molar-refractivity contribution is 1.29. The number of nitrogens with zero attached hydrogens (tertiary/aromatic N) is 2. The molecule has 2 heterocycles. The molecular weight excluding hydrogens is 669 g/mol. The molecule has 0 saturated heterocycles. The molecule has 2 nitrogen and oxygen atoms in total. The number of benzene rings is 7. The molecule has 0 radical (unpaired) electrons. The zero-order chi connectivity index (χ0) is 35.2.